The summed E-state index contributed by atoms with van der Waals surface area (Å²) >= 11 is 1.41. The van der Waals surface area contributed by atoms with Crippen LogP contribution in [-0.2, 0) is 19.1 Å². The molecule has 1 unspecified atom stereocenters. The third-order valence-corrected chi connectivity index (χ3v) is 6.58. The molecule has 1 atom stereocenters. The van der Waals surface area contributed by atoms with Crippen molar-refractivity contribution in [1.82, 2.24) is 4.90 Å². The molecule has 9 heteroatoms. The molecular weight excluding hydrogens is 469 g/mol. The molecular formula is C26H26FN3O4S. The quantitative estimate of drug-likeness (QED) is 0.413. The Morgan fingerprint density at radius 1 is 1.11 bits per heavy atom. The fourth-order valence-corrected chi connectivity index (χ4v) is 4.98. The number of hydrogen-bond acceptors (Lipinski definition) is 7. The van der Waals surface area contributed by atoms with Crippen LogP contribution in [0.25, 0.3) is 0 Å². The number of carbonyl (C=O) groups excluding carboxylic acids is 2. The fraction of sp³-hybridized carbons (Fsp3) is 0.269. The smallest absolute Gasteiger partial charge is 0.338 e. The molecule has 0 saturated carbocycles. The summed E-state index contributed by atoms with van der Waals surface area (Å²) < 4.78 is 23.7. The van der Waals surface area contributed by atoms with Crippen LogP contribution >= 0.6 is 11.8 Å². The molecule has 0 aliphatic carbocycles. The van der Waals surface area contributed by atoms with Crippen LogP contribution in [0.5, 0.6) is 0 Å². The monoisotopic (exact) mass is 495 g/mol. The summed E-state index contributed by atoms with van der Waals surface area (Å²) in [7, 11) is 1.54. The number of hydrogen-bond donors (Lipinski definition) is 1. The number of nitrogens with one attached hydrogen (secondary N) is 1. The maximum absolute atomic E-state index is 13.2. The zero-order chi connectivity index (χ0) is 24.9. The maximum atomic E-state index is 13.2. The van der Waals surface area contributed by atoms with E-state index in [1.54, 1.807) is 14.0 Å². The van der Waals surface area contributed by atoms with Gasteiger partial charge in [0.25, 0.3) is 0 Å². The highest BCUT2D eigenvalue weighted by molar-refractivity contribution is 8.16. The molecule has 2 aliphatic rings. The van der Waals surface area contributed by atoms with Crippen LogP contribution in [-0.4, -0.2) is 42.3 Å². The number of nitrogens with zero attached hydrogens (tertiary/aromatic N) is 2. The molecule has 4 rings (SSSR count). The van der Waals surface area contributed by atoms with Crippen LogP contribution in [0.2, 0.25) is 0 Å². The number of esters is 1. The van der Waals surface area contributed by atoms with Crippen LogP contribution in [0, 0.1) is 12.7 Å². The number of carbonyl (C=O) groups is 2. The van der Waals surface area contributed by atoms with Crippen LogP contribution < -0.4 is 5.32 Å². The molecule has 0 saturated heterocycles. The minimum atomic E-state index is -0.501. The Kier molecular flexibility index (Phi) is 7.67. The first-order chi connectivity index (χ1) is 16.9. The number of allylic oxidation sites excluding steroid dienone is 1. The lowest BCUT2D eigenvalue weighted by atomic mass is 9.91. The minimum absolute atomic E-state index is 0.0524. The van der Waals surface area contributed by atoms with Crippen molar-refractivity contribution in [2.75, 3.05) is 25.6 Å². The summed E-state index contributed by atoms with van der Waals surface area (Å²) in [5.74, 6) is -1.11. The van der Waals surface area contributed by atoms with Crippen molar-refractivity contribution in [2.24, 2.45) is 4.99 Å². The molecule has 2 aromatic carbocycles. The average Bonchev–Trinajstić information content (AvgIpc) is 3.22. The molecule has 0 spiro atoms. The summed E-state index contributed by atoms with van der Waals surface area (Å²) in [5, 5.41) is 5.36. The molecule has 35 heavy (non-hydrogen) atoms. The first-order valence-corrected chi connectivity index (χ1v) is 12.0. The predicted octanol–water partition coefficient (Wildman–Crippen LogP) is 4.93. The third-order valence-electron chi connectivity index (χ3n) is 5.69. The highest BCUT2D eigenvalue weighted by atomic mass is 32.2. The number of ether oxygens (including phenoxy) is 2. The number of methoxy groups -OCH3 is 1. The van der Waals surface area contributed by atoms with Gasteiger partial charge in [-0.15, -0.1) is 0 Å². The van der Waals surface area contributed by atoms with E-state index < -0.39 is 12.0 Å². The Morgan fingerprint density at radius 2 is 1.86 bits per heavy atom. The van der Waals surface area contributed by atoms with Crippen LogP contribution in [0.4, 0.5) is 10.1 Å². The van der Waals surface area contributed by atoms with Crippen molar-refractivity contribution in [3.8, 4) is 0 Å². The SMILES string of the molecule is COCCOC(=O)C1=C(C)N=C2SC=C(CC(=O)Nc3ccc(F)cc3)N2C1c1ccccc1C. The Morgan fingerprint density at radius 3 is 2.57 bits per heavy atom. The zero-order valence-electron chi connectivity index (χ0n) is 19.7. The van der Waals surface area contributed by atoms with Crippen LogP contribution in [0.15, 0.2) is 75.9 Å². The third kappa shape index (κ3) is 5.47. The molecule has 1 amide bonds. The van der Waals surface area contributed by atoms with E-state index in [2.05, 4.69) is 10.3 Å². The van der Waals surface area contributed by atoms with E-state index in [0.717, 1.165) is 11.1 Å². The van der Waals surface area contributed by atoms with E-state index in [-0.39, 0.29) is 31.4 Å². The molecule has 0 fully saturated rings. The zero-order valence-corrected chi connectivity index (χ0v) is 20.5. The summed E-state index contributed by atoms with van der Waals surface area (Å²) in [6.07, 6.45) is 0.0524. The number of rotatable bonds is 8. The normalized spacial score (nSPS) is 17.0. The fourth-order valence-electron chi connectivity index (χ4n) is 4.02. The molecule has 1 N–H and O–H groups in total. The second-order valence-electron chi connectivity index (χ2n) is 8.11. The maximum Gasteiger partial charge on any atom is 0.338 e. The average molecular weight is 496 g/mol. The lowest BCUT2D eigenvalue weighted by molar-refractivity contribution is -0.141. The van der Waals surface area contributed by atoms with E-state index in [1.165, 1.54) is 36.0 Å². The Balaban J connectivity index is 1.64. The molecule has 0 aromatic heterocycles. The second kappa shape index (κ2) is 10.9. The molecule has 2 aromatic rings. The van der Waals surface area contributed by atoms with Crippen molar-refractivity contribution in [3.05, 3.63) is 87.9 Å². The van der Waals surface area contributed by atoms with Gasteiger partial charge >= 0.3 is 5.97 Å². The number of aliphatic imine (C=N–C) groups is 1. The van der Waals surface area contributed by atoms with E-state index in [4.69, 9.17) is 9.47 Å². The van der Waals surface area contributed by atoms with Crippen molar-refractivity contribution < 1.29 is 23.5 Å². The molecule has 7 nitrogen and oxygen atoms in total. The first kappa shape index (κ1) is 24.7. The summed E-state index contributed by atoms with van der Waals surface area (Å²) in [6.45, 7) is 4.19. The lowest BCUT2D eigenvalue weighted by Crippen LogP contribution is -2.38. The van der Waals surface area contributed by atoms with Gasteiger partial charge in [0.15, 0.2) is 5.17 Å². The van der Waals surface area contributed by atoms with Gasteiger partial charge in [-0.25, -0.2) is 14.2 Å². The number of amides is 1. The molecule has 2 heterocycles. The number of aryl methyl sites for hydroxylation is 1. The van der Waals surface area contributed by atoms with Gasteiger partial charge in [0, 0.05) is 18.5 Å². The van der Waals surface area contributed by atoms with Crippen molar-refractivity contribution >= 4 is 34.5 Å². The number of anilines is 1. The Bertz CT molecular complexity index is 1220. The number of benzene rings is 2. The topological polar surface area (TPSA) is 80.2 Å². The molecule has 0 radical (unpaired) electrons. The van der Waals surface area contributed by atoms with Gasteiger partial charge < -0.3 is 19.7 Å². The van der Waals surface area contributed by atoms with Gasteiger partial charge in [-0.05, 0) is 54.6 Å². The van der Waals surface area contributed by atoms with Crippen LogP contribution in [0.3, 0.4) is 0 Å². The standard InChI is InChI=1S/C26H26FN3O4S/c1-16-6-4-5-7-21(16)24-23(25(32)34-13-12-33-3)17(2)28-26-30(24)20(15-35-26)14-22(31)29-19-10-8-18(27)9-11-19/h4-11,15,24H,12-14H2,1-3H3,(H,29,31). The van der Waals surface area contributed by atoms with Gasteiger partial charge in [-0.1, -0.05) is 36.0 Å². The van der Waals surface area contributed by atoms with E-state index >= 15 is 0 Å². The van der Waals surface area contributed by atoms with Crippen molar-refractivity contribution in [1.29, 1.82) is 0 Å². The highest BCUT2D eigenvalue weighted by Crippen LogP contribution is 2.45. The van der Waals surface area contributed by atoms with Gasteiger partial charge in [-0.3, -0.25) is 4.79 Å². The van der Waals surface area contributed by atoms with Gasteiger partial charge in [0.1, 0.15) is 12.4 Å². The molecule has 182 valence electrons. The number of amidine groups is 1. The molecule has 2 aliphatic heterocycles. The van der Waals surface area contributed by atoms with E-state index in [9.17, 15) is 14.0 Å². The van der Waals surface area contributed by atoms with Gasteiger partial charge in [0.2, 0.25) is 5.91 Å². The number of thioether (sulfide) groups is 1. The second-order valence-corrected chi connectivity index (χ2v) is 8.95. The molecule has 0 bridgehead atoms. The number of halogens is 1. The Hall–Kier alpha value is -3.43. The van der Waals surface area contributed by atoms with E-state index in [0.29, 0.717) is 27.8 Å². The summed E-state index contributed by atoms with van der Waals surface area (Å²) in [5.41, 5.74) is 4.13. The lowest BCUT2D eigenvalue weighted by Gasteiger charge is -2.37. The summed E-state index contributed by atoms with van der Waals surface area (Å²) in [4.78, 5) is 32.6. The van der Waals surface area contributed by atoms with E-state index in [1.807, 2.05) is 41.5 Å². The van der Waals surface area contributed by atoms with Gasteiger partial charge in [-0.2, -0.15) is 0 Å². The minimum Gasteiger partial charge on any atom is -0.460 e. The van der Waals surface area contributed by atoms with Crippen molar-refractivity contribution in [2.45, 2.75) is 26.3 Å². The van der Waals surface area contributed by atoms with Gasteiger partial charge in [0.05, 0.1) is 30.3 Å². The predicted molar refractivity (Wildman–Crippen MR) is 134 cm³/mol. The largest absolute Gasteiger partial charge is 0.460 e. The highest BCUT2D eigenvalue weighted by Gasteiger charge is 2.41. The summed E-state index contributed by atoms with van der Waals surface area (Å²) in [6, 6.07) is 12.9. The number of fused-ring (bicyclic) bond motifs is 1. The van der Waals surface area contributed by atoms with Crippen LogP contribution in [0.1, 0.15) is 30.5 Å². The first-order valence-electron chi connectivity index (χ1n) is 11.1. The van der Waals surface area contributed by atoms with Crippen molar-refractivity contribution in [3.63, 3.8) is 0 Å². The Labute approximate surface area is 207 Å².